The van der Waals surface area contributed by atoms with Crippen molar-refractivity contribution >= 4 is 11.8 Å². The van der Waals surface area contributed by atoms with Crippen LogP contribution in [0.3, 0.4) is 0 Å². The van der Waals surface area contributed by atoms with E-state index in [1.807, 2.05) is 0 Å². The third-order valence-corrected chi connectivity index (χ3v) is 5.58. The van der Waals surface area contributed by atoms with Crippen molar-refractivity contribution in [2.45, 2.75) is 58.0 Å². The van der Waals surface area contributed by atoms with E-state index in [2.05, 4.69) is 35.8 Å². The summed E-state index contributed by atoms with van der Waals surface area (Å²) in [6, 6.07) is 1.56. The lowest BCUT2D eigenvalue weighted by Crippen LogP contribution is -2.49. The second kappa shape index (κ2) is 7.76. The van der Waals surface area contributed by atoms with Crippen molar-refractivity contribution < 1.29 is 0 Å². The van der Waals surface area contributed by atoms with E-state index < -0.39 is 0 Å². The first-order valence-corrected chi connectivity index (χ1v) is 9.00. The van der Waals surface area contributed by atoms with Crippen molar-refractivity contribution in [3.63, 3.8) is 0 Å². The van der Waals surface area contributed by atoms with Crippen LogP contribution in [0.2, 0.25) is 0 Å². The molecule has 106 valence electrons. The van der Waals surface area contributed by atoms with Gasteiger partial charge in [-0.25, -0.2) is 0 Å². The second-order valence-electron chi connectivity index (χ2n) is 6.08. The lowest BCUT2D eigenvalue weighted by molar-refractivity contribution is 0.113. The summed E-state index contributed by atoms with van der Waals surface area (Å²) < 4.78 is 0. The Kier molecular flexibility index (Phi) is 6.33. The van der Waals surface area contributed by atoms with E-state index in [1.165, 1.54) is 63.2 Å². The van der Waals surface area contributed by atoms with E-state index in [0.29, 0.717) is 0 Å². The van der Waals surface area contributed by atoms with E-state index in [4.69, 9.17) is 0 Å². The highest BCUT2D eigenvalue weighted by atomic mass is 32.2. The van der Waals surface area contributed by atoms with E-state index in [1.54, 1.807) is 0 Å². The molecule has 2 aliphatic heterocycles. The SMILES string of the molecule is CCCNC1CCN(CC2CCSCC2)C(C)C1. The first kappa shape index (κ1) is 14.7. The Balaban J connectivity index is 1.71. The van der Waals surface area contributed by atoms with Gasteiger partial charge in [0.1, 0.15) is 0 Å². The Bertz CT molecular complexity index is 229. The summed E-state index contributed by atoms with van der Waals surface area (Å²) in [6.07, 6.45) is 6.86. The minimum atomic E-state index is 0.776. The van der Waals surface area contributed by atoms with Crippen LogP contribution in [0.1, 0.15) is 46.0 Å². The van der Waals surface area contributed by atoms with Gasteiger partial charge in [-0.15, -0.1) is 0 Å². The lowest BCUT2D eigenvalue weighted by atomic mass is 9.95. The van der Waals surface area contributed by atoms with Crippen LogP contribution in [0.5, 0.6) is 0 Å². The molecule has 0 aromatic rings. The standard InChI is InChI=1S/C15H30N2S/c1-3-7-16-15-4-8-17(13(2)11-15)12-14-5-9-18-10-6-14/h13-16H,3-12H2,1-2H3. The van der Waals surface area contributed by atoms with E-state index in [-0.39, 0.29) is 0 Å². The first-order valence-electron chi connectivity index (χ1n) is 7.84. The molecule has 2 saturated heterocycles. The van der Waals surface area contributed by atoms with Crippen molar-refractivity contribution in [1.29, 1.82) is 0 Å². The molecule has 2 fully saturated rings. The summed E-state index contributed by atoms with van der Waals surface area (Å²) >= 11 is 2.14. The number of likely N-dealkylation sites (tertiary alicyclic amines) is 1. The van der Waals surface area contributed by atoms with Crippen molar-refractivity contribution in [2.24, 2.45) is 5.92 Å². The van der Waals surface area contributed by atoms with Gasteiger partial charge in [0.25, 0.3) is 0 Å². The van der Waals surface area contributed by atoms with Crippen LogP contribution in [-0.4, -0.2) is 48.1 Å². The molecule has 0 aromatic carbocycles. The smallest absolute Gasteiger partial charge is 0.00940 e. The highest BCUT2D eigenvalue weighted by Crippen LogP contribution is 2.26. The third kappa shape index (κ3) is 4.43. The molecule has 2 heterocycles. The molecular formula is C15H30N2S. The zero-order chi connectivity index (χ0) is 12.8. The quantitative estimate of drug-likeness (QED) is 0.827. The molecule has 0 saturated carbocycles. The Hall–Kier alpha value is 0.270. The van der Waals surface area contributed by atoms with Crippen LogP contribution < -0.4 is 5.32 Å². The maximum atomic E-state index is 3.70. The van der Waals surface area contributed by atoms with Crippen LogP contribution in [0.15, 0.2) is 0 Å². The monoisotopic (exact) mass is 270 g/mol. The van der Waals surface area contributed by atoms with Crippen LogP contribution in [0.4, 0.5) is 0 Å². The molecule has 2 atom stereocenters. The molecule has 0 bridgehead atoms. The molecular weight excluding hydrogens is 240 g/mol. The van der Waals surface area contributed by atoms with E-state index in [0.717, 1.165) is 18.0 Å². The zero-order valence-corrected chi connectivity index (χ0v) is 13.0. The molecule has 2 nitrogen and oxygen atoms in total. The summed E-state index contributed by atoms with van der Waals surface area (Å²) in [5.74, 6) is 3.77. The number of nitrogens with zero attached hydrogens (tertiary/aromatic N) is 1. The maximum Gasteiger partial charge on any atom is 0.00940 e. The average Bonchev–Trinajstić information content (AvgIpc) is 2.40. The predicted octanol–water partition coefficient (Wildman–Crippen LogP) is 2.98. The average molecular weight is 270 g/mol. The maximum absolute atomic E-state index is 3.70. The molecule has 2 aliphatic rings. The van der Waals surface area contributed by atoms with Crippen molar-refractivity contribution in [3.8, 4) is 0 Å². The van der Waals surface area contributed by atoms with Gasteiger partial charge in [0.05, 0.1) is 0 Å². The zero-order valence-electron chi connectivity index (χ0n) is 12.2. The van der Waals surface area contributed by atoms with Crippen molar-refractivity contribution in [2.75, 3.05) is 31.1 Å². The normalized spacial score (nSPS) is 31.7. The summed E-state index contributed by atoms with van der Waals surface area (Å²) in [5, 5.41) is 3.70. The summed E-state index contributed by atoms with van der Waals surface area (Å²) in [6.45, 7) is 8.55. The van der Waals surface area contributed by atoms with Gasteiger partial charge in [0.15, 0.2) is 0 Å². The van der Waals surface area contributed by atoms with Gasteiger partial charge in [0, 0.05) is 18.6 Å². The number of hydrogen-bond donors (Lipinski definition) is 1. The van der Waals surface area contributed by atoms with Gasteiger partial charge in [-0.3, -0.25) is 0 Å². The summed E-state index contributed by atoms with van der Waals surface area (Å²) in [4.78, 5) is 2.75. The lowest BCUT2D eigenvalue weighted by Gasteiger charge is -2.40. The van der Waals surface area contributed by atoms with Gasteiger partial charge in [-0.05, 0) is 69.5 Å². The molecule has 0 aromatic heterocycles. The Morgan fingerprint density at radius 2 is 2.00 bits per heavy atom. The van der Waals surface area contributed by atoms with Gasteiger partial charge in [-0.1, -0.05) is 6.92 Å². The molecule has 2 unspecified atom stereocenters. The number of piperidine rings is 1. The number of rotatable bonds is 5. The molecule has 1 N–H and O–H groups in total. The van der Waals surface area contributed by atoms with Crippen LogP contribution in [-0.2, 0) is 0 Å². The molecule has 0 aliphatic carbocycles. The molecule has 0 amide bonds. The van der Waals surface area contributed by atoms with Crippen LogP contribution in [0, 0.1) is 5.92 Å². The van der Waals surface area contributed by atoms with Gasteiger partial charge >= 0.3 is 0 Å². The Morgan fingerprint density at radius 3 is 2.67 bits per heavy atom. The topological polar surface area (TPSA) is 15.3 Å². The highest BCUT2D eigenvalue weighted by molar-refractivity contribution is 7.99. The molecule has 0 radical (unpaired) electrons. The minimum absolute atomic E-state index is 0.776. The van der Waals surface area contributed by atoms with Crippen molar-refractivity contribution in [1.82, 2.24) is 10.2 Å². The fourth-order valence-corrected chi connectivity index (χ4v) is 4.49. The third-order valence-electron chi connectivity index (χ3n) is 4.53. The molecule has 3 heteroatoms. The largest absolute Gasteiger partial charge is 0.314 e. The Labute approximate surface area is 117 Å². The number of hydrogen-bond acceptors (Lipinski definition) is 3. The second-order valence-corrected chi connectivity index (χ2v) is 7.30. The molecule has 0 spiro atoms. The first-order chi connectivity index (χ1) is 8.79. The fourth-order valence-electron chi connectivity index (χ4n) is 3.29. The molecule has 2 rings (SSSR count). The van der Waals surface area contributed by atoms with E-state index >= 15 is 0 Å². The minimum Gasteiger partial charge on any atom is -0.314 e. The Morgan fingerprint density at radius 1 is 1.22 bits per heavy atom. The van der Waals surface area contributed by atoms with Crippen LogP contribution >= 0.6 is 11.8 Å². The van der Waals surface area contributed by atoms with Gasteiger partial charge in [-0.2, -0.15) is 11.8 Å². The summed E-state index contributed by atoms with van der Waals surface area (Å²) in [7, 11) is 0. The van der Waals surface area contributed by atoms with Gasteiger partial charge in [0.2, 0.25) is 0 Å². The number of nitrogens with one attached hydrogen (secondary N) is 1. The fraction of sp³-hybridized carbons (Fsp3) is 1.00. The highest BCUT2D eigenvalue weighted by Gasteiger charge is 2.27. The molecule has 18 heavy (non-hydrogen) atoms. The van der Waals surface area contributed by atoms with Crippen molar-refractivity contribution in [3.05, 3.63) is 0 Å². The van der Waals surface area contributed by atoms with E-state index in [9.17, 15) is 0 Å². The van der Waals surface area contributed by atoms with Crippen LogP contribution in [0.25, 0.3) is 0 Å². The summed E-state index contributed by atoms with van der Waals surface area (Å²) in [5.41, 5.74) is 0. The van der Waals surface area contributed by atoms with Gasteiger partial charge < -0.3 is 10.2 Å². The number of thioether (sulfide) groups is 1. The predicted molar refractivity (Wildman–Crippen MR) is 82.4 cm³/mol.